The topological polar surface area (TPSA) is 17.8 Å². The monoisotopic (exact) mass is 452 g/mol. The molecular weight excluding hydrogens is 424 g/mol. The van der Waals surface area contributed by atoms with Crippen LogP contribution in [0.25, 0.3) is 55.4 Å². The molecule has 0 atom stereocenters. The summed E-state index contributed by atoms with van der Waals surface area (Å²) in [4.78, 5) is 5.05. The van der Waals surface area contributed by atoms with Gasteiger partial charge in [-0.05, 0) is 47.9 Å². The molecule has 0 bridgehead atoms. The van der Waals surface area contributed by atoms with Gasteiger partial charge in [-0.3, -0.25) is 0 Å². The molecule has 0 saturated heterocycles. The third-order valence-electron chi connectivity index (χ3n) is 6.81. The molecule has 0 spiro atoms. The van der Waals surface area contributed by atoms with Crippen LogP contribution in [0.15, 0.2) is 115 Å². The van der Waals surface area contributed by atoms with Gasteiger partial charge in [-0.25, -0.2) is 4.98 Å². The van der Waals surface area contributed by atoms with Crippen molar-refractivity contribution in [2.45, 2.75) is 26.3 Å². The zero-order valence-electron chi connectivity index (χ0n) is 20.0. The van der Waals surface area contributed by atoms with Gasteiger partial charge in [0.25, 0.3) is 0 Å². The van der Waals surface area contributed by atoms with Crippen LogP contribution in [0.2, 0.25) is 0 Å². The van der Waals surface area contributed by atoms with Crippen LogP contribution in [0.3, 0.4) is 0 Å². The number of benzene rings is 4. The Kier molecular flexibility index (Phi) is 5.64. The molecule has 0 amide bonds. The lowest BCUT2D eigenvalue weighted by Gasteiger charge is -2.11. The van der Waals surface area contributed by atoms with Crippen molar-refractivity contribution in [3.63, 3.8) is 0 Å². The van der Waals surface area contributed by atoms with E-state index in [1.165, 1.54) is 45.8 Å². The second-order valence-electron chi connectivity index (χ2n) is 9.11. The SMILES string of the molecule is CCCCn1c2ccccc2c2cc(-c3cc(-c4ccccc4)nc(-c4ccccc4)c3)ccc21. The summed E-state index contributed by atoms with van der Waals surface area (Å²) in [6.07, 6.45) is 2.37. The van der Waals surface area contributed by atoms with Gasteiger partial charge in [0.1, 0.15) is 0 Å². The van der Waals surface area contributed by atoms with Crippen molar-refractivity contribution in [3.05, 3.63) is 115 Å². The van der Waals surface area contributed by atoms with Gasteiger partial charge in [0.15, 0.2) is 0 Å². The van der Waals surface area contributed by atoms with Crippen LogP contribution in [0.1, 0.15) is 19.8 Å². The van der Waals surface area contributed by atoms with E-state index in [1.54, 1.807) is 0 Å². The summed E-state index contributed by atoms with van der Waals surface area (Å²) in [6.45, 7) is 3.30. The summed E-state index contributed by atoms with van der Waals surface area (Å²) in [7, 11) is 0. The Morgan fingerprint density at radius 1 is 0.543 bits per heavy atom. The molecule has 2 nitrogen and oxygen atoms in total. The van der Waals surface area contributed by atoms with Crippen LogP contribution in [0, 0.1) is 0 Å². The van der Waals surface area contributed by atoms with Crippen LogP contribution >= 0.6 is 0 Å². The van der Waals surface area contributed by atoms with Gasteiger partial charge in [0, 0.05) is 39.5 Å². The number of unbranched alkanes of at least 4 members (excludes halogenated alkanes) is 1. The fourth-order valence-electron chi connectivity index (χ4n) is 5.00. The summed E-state index contributed by atoms with van der Waals surface area (Å²) in [6, 6.07) is 41.1. The molecule has 2 heteroatoms. The van der Waals surface area contributed by atoms with E-state index >= 15 is 0 Å². The summed E-state index contributed by atoms with van der Waals surface area (Å²) in [5.74, 6) is 0. The first-order valence-corrected chi connectivity index (χ1v) is 12.5. The fraction of sp³-hybridized carbons (Fsp3) is 0.121. The largest absolute Gasteiger partial charge is 0.340 e. The first kappa shape index (κ1) is 21.4. The van der Waals surface area contributed by atoms with E-state index in [0.717, 1.165) is 29.1 Å². The Morgan fingerprint density at radius 3 is 1.80 bits per heavy atom. The number of nitrogens with zero attached hydrogens (tertiary/aromatic N) is 2. The fourth-order valence-corrected chi connectivity index (χ4v) is 5.00. The average Bonchev–Trinajstić information content (AvgIpc) is 3.25. The maximum absolute atomic E-state index is 5.05. The van der Waals surface area contributed by atoms with E-state index in [4.69, 9.17) is 4.98 Å². The number of hydrogen-bond donors (Lipinski definition) is 0. The van der Waals surface area contributed by atoms with Crippen molar-refractivity contribution in [1.82, 2.24) is 9.55 Å². The molecule has 6 aromatic rings. The zero-order valence-corrected chi connectivity index (χ0v) is 20.0. The number of aromatic nitrogens is 2. The van der Waals surface area contributed by atoms with E-state index in [1.807, 2.05) is 12.1 Å². The second-order valence-corrected chi connectivity index (χ2v) is 9.11. The minimum atomic E-state index is 0.993. The summed E-state index contributed by atoms with van der Waals surface area (Å²) in [5, 5.41) is 2.63. The van der Waals surface area contributed by atoms with Crippen LogP contribution in [0.4, 0.5) is 0 Å². The van der Waals surface area contributed by atoms with Gasteiger partial charge in [0.05, 0.1) is 11.4 Å². The van der Waals surface area contributed by atoms with E-state index in [-0.39, 0.29) is 0 Å². The van der Waals surface area contributed by atoms with Gasteiger partial charge in [-0.15, -0.1) is 0 Å². The highest BCUT2D eigenvalue weighted by Gasteiger charge is 2.13. The number of aryl methyl sites for hydroxylation is 1. The summed E-state index contributed by atoms with van der Waals surface area (Å²) >= 11 is 0. The lowest BCUT2D eigenvalue weighted by molar-refractivity contribution is 0.665. The smallest absolute Gasteiger partial charge is 0.0715 e. The van der Waals surface area contributed by atoms with Crippen molar-refractivity contribution in [1.29, 1.82) is 0 Å². The third kappa shape index (κ3) is 4.02. The van der Waals surface area contributed by atoms with E-state index in [2.05, 4.69) is 115 Å². The minimum Gasteiger partial charge on any atom is -0.340 e. The predicted octanol–water partition coefficient (Wildman–Crippen LogP) is 8.99. The molecule has 4 aromatic carbocycles. The highest BCUT2D eigenvalue weighted by molar-refractivity contribution is 6.09. The molecule has 0 N–H and O–H groups in total. The maximum Gasteiger partial charge on any atom is 0.0715 e. The first-order valence-electron chi connectivity index (χ1n) is 12.5. The summed E-state index contributed by atoms with van der Waals surface area (Å²) < 4.78 is 2.48. The molecule has 0 radical (unpaired) electrons. The first-order chi connectivity index (χ1) is 17.3. The number of rotatable bonds is 6. The van der Waals surface area contributed by atoms with E-state index in [0.29, 0.717) is 0 Å². The van der Waals surface area contributed by atoms with Gasteiger partial charge < -0.3 is 4.57 Å². The number of fused-ring (bicyclic) bond motifs is 3. The molecule has 0 unspecified atom stereocenters. The normalized spacial score (nSPS) is 11.3. The summed E-state index contributed by atoms with van der Waals surface area (Å²) in [5.41, 5.74) is 9.27. The van der Waals surface area contributed by atoms with Crippen molar-refractivity contribution in [2.24, 2.45) is 0 Å². The Hall–Kier alpha value is -4.17. The van der Waals surface area contributed by atoms with Crippen LogP contribution in [0.5, 0.6) is 0 Å². The second kappa shape index (κ2) is 9.23. The average molecular weight is 453 g/mol. The van der Waals surface area contributed by atoms with Crippen molar-refractivity contribution < 1.29 is 0 Å². The van der Waals surface area contributed by atoms with Gasteiger partial charge in [-0.2, -0.15) is 0 Å². The molecule has 0 aliphatic rings. The molecule has 35 heavy (non-hydrogen) atoms. The molecule has 0 saturated carbocycles. The maximum atomic E-state index is 5.05. The molecular formula is C33H28N2. The van der Waals surface area contributed by atoms with Gasteiger partial charge in [0.2, 0.25) is 0 Å². The molecule has 2 heterocycles. The van der Waals surface area contributed by atoms with Crippen molar-refractivity contribution >= 4 is 21.8 Å². The highest BCUT2D eigenvalue weighted by Crippen LogP contribution is 2.35. The lowest BCUT2D eigenvalue weighted by atomic mass is 9.98. The zero-order chi connectivity index (χ0) is 23.6. The Labute approximate surface area is 206 Å². The quantitative estimate of drug-likeness (QED) is 0.246. The van der Waals surface area contributed by atoms with E-state index in [9.17, 15) is 0 Å². The Bertz CT molecular complexity index is 1550. The standard InChI is InChI=1S/C33H28N2/c1-2-3-20-35-32-17-11-10-16-28(32)29-21-26(18-19-33(29)35)27-22-30(24-12-6-4-7-13-24)34-31(23-27)25-14-8-5-9-15-25/h4-19,21-23H,2-3,20H2,1H3. The van der Waals surface area contributed by atoms with Crippen LogP contribution in [-0.2, 0) is 6.54 Å². The molecule has 0 fully saturated rings. The van der Waals surface area contributed by atoms with Crippen molar-refractivity contribution in [3.8, 4) is 33.6 Å². The molecule has 0 aliphatic carbocycles. The Balaban J connectivity index is 1.55. The Morgan fingerprint density at radius 2 is 1.14 bits per heavy atom. The molecule has 0 aliphatic heterocycles. The van der Waals surface area contributed by atoms with Gasteiger partial charge >= 0.3 is 0 Å². The van der Waals surface area contributed by atoms with Crippen LogP contribution in [-0.4, -0.2) is 9.55 Å². The van der Waals surface area contributed by atoms with Crippen LogP contribution < -0.4 is 0 Å². The lowest BCUT2D eigenvalue weighted by Crippen LogP contribution is -1.96. The molecule has 2 aromatic heterocycles. The number of hydrogen-bond acceptors (Lipinski definition) is 1. The molecule has 6 rings (SSSR count). The predicted molar refractivity (Wildman–Crippen MR) is 148 cm³/mol. The number of para-hydroxylation sites is 1. The van der Waals surface area contributed by atoms with Crippen molar-refractivity contribution in [2.75, 3.05) is 0 Å². The van der Waals surface area contributed by atoms with E-state index < -0.39 is 0 Å². The molecule has 170 valence electrons. The number of pyridine rings is 1. The van der Waals surface area contributed by atoms with Gasteiger partial charge in [-0.1, -0.05) is 98.3 Å². The highest BCUT2D eigenvalue weighted by atomic mass is 15.0. The minimum absolute atomic E-state index is 0.993. The third-order valence-corrected chi connectivity index (χ3v) is 6.81.